The van der Waals surface area contributed by atoms with Crippen LogP contribution in [0.15, 0.2) is 17.6 Å². The van der Waals surface area contributed by atoms with Gasteiger partial charge in [0, 0.05) is 17.3 Å². The largest absolute Gasteiger partial charge is 0.271 e. The van der Waals surface area contributed by atoms with Crippen LogP contribution in [0.2, 0.25) is 0 Å². The number of hydrogen-bond acceptors (Lipinski definition) is 5. The van der Waals surface area contributed by atoms with E-state index >= 15 is 0 Å². The molecule has 2 heterocycles. The van der Waals surface area contributed by atoms with Crippen molar-refractivity contribution < 1.29 is 0 Å². The van der Waals surface area contributed by atoms with E-state index in [1.165, 1.54) is 23.3 Å². The molecule has 1 aliphatic rings. The lowest BCUT2D eigenvalue weighted by molar-refractivity contribution is 0.382. The van der Waals surface area contributed by atoms with Crippen molar-refractivity contribution in [3.8, 4) is 0 Å². The molecule has 3 rings (SSSR count). The molecule has 3 N–H and O–H groups in total. The molecule has 20 heavy (non-hydrogen) atoms. The van der Waals surface area contributed by atoms with Gasteiger partial charge < -0.3 is 0 Å². The third-order valence-electron chi connectivity index (χ3n) is 4.08. The lowest BCUT2D eigenvalue weighted by Crippen LogP contribution is -2.35. The molecule has 0 fully saturated rings. The monoisotopic (exact) mass is 291 g/mol. The Kier molecular flexibility index (Phi) is 4.14. The first-order chi connectivity index (χ1) is 9.85. The molecule has 0 amide bonds. The van der Waals surface area contributed by atoms with E-state index in [2.05, 4.69) is 34.1 Å². The summed E-state index contributed by atoms with van der Waals surface area (Å²) < 4.78 is 1.98. The van der Waals surface area contributed by atoms with Crippen LogP contribution < -0.4 is 11.3 Å². The SMILES string of the molecule is CCCn1nncc1C(NN)C1CCCc2sccc21. The molecule has 0 spiro atoms. The quantitative estimate of drug-likeness (QED) is 0.655. The fourth-order valence-corrected chi connectivity index (χ4v) is 4.16. The Morgan fingerprint density at radius 2 is 2.50 bits per heavy atom. The van der Waals surface area contributed by atoms with Crippen LogP contribution in [-0.2, 0) is 13.0 Å². The van der Waals surface area contributed by atoms with Crippen molar-refractivity contribution in [2.24, 2.45) is 5.84 Å². The maximum Gasteiger partial charge on any atom is 0.0776 e. The summed E-state index contributed by atoms with van der Waals surface area (Å²) in [5, 5.41) is 10.4. The molecule has 2 aromatic rings. The topological polar surface area (TPSA) is 68.8 Å². The smallest absolute Gasteiger partial charge is 0.0776 e. The van der Waals surface area contributed by atoms with Crippen LogP contribution in [0.25, 0.3) is 0 Å². The number of nitrogens with two attached hydrogens (primary N) is 1. The normalized spacial score (nSPS) is 19.8. The molecule has 5 nitrogen and oxygen atoms in total. The minimum absolute atomic E-state index is 0.0881. The molecule has 0 saturated carbocycles. The van der Waals surface area contributed by atoms with Crippen LogP contribution in [0.3, 0.4) is 0 Å². The van der Waals surface area contributed by atoms with Crippen LogP contribution in [0.5, 0.6) is 0 Å². The summed E-state index contributed by atoms with van der Waals surface area (Å²) in [5.74, 6) is 6.29. The third-order valence-corrected chi connectivity index (χ3v) is 5.08. The van der Waals surface area contributed by atoms with E-state index in [1.807, 2.05) is 22.2 Å². The number of rotatable bonds is 5. The Balaban J connectivity index is 1.93. The summed E-state index contributed by atoms with van der Waals surface area (Å²) in [6, 6.07) is 2.34. The minimum Gasteiger partial charge on any atom is -0.271 e. The first-order valence-electron chi connectivity index (χ1n) is 7.26. The van der Waals surface area contributed by atoms with Gasteiger partial charge in [0.2, 0.25) is 0 Å². The molecule has 2 unspecified atom stereocenters. The number of aromatic nitrogens is 3. The molecule has 0 bridgehead atoms. The summed E-state index contributed by atoms with van der Waals surface area (Å²) in [6.45, 7) is 3.03. The second kappa shape index (κ2) is 6.03. The number of nitrogens with zero attached hydrogens (tertiary/aromatic N) is 3. The van der Waals surface area contributed by atoms with E-state index in [0.717, 1.165) is 25.1 Å². The Morgan fingerprint density at radius 3 is 3.30 bits per heavy atom. The molecule has 1 aliphatic carbocycles. The Bertz CT molecular complexity index is 561. The highest BCUT2D eigenvalue weighted by Crippen LogP contribution is 2.41. The van der Waals surface area contributed by atoms with Gasteiger partial charge in [-0.2, -0.15) is 0 Å². The maximum atomic E-state index is 5.87. The first-order valence-corrected chi connectivity index (χ1v) is 8.14. The number of hydrazine groups is 1. The van der Waals surface area contributed by atoms with Crippen LogP contribution in [0, 0.1) is 0 Å². The highest BCUT2D eigenvalue weighted by Gasteiger charge is 2.31. The average molecular weight is 291 g/mol. The zero-order valence-electron chi connectivity index (χ0n) is 11.7. The minimum atomic E-state index is 0.0881. The van der Waals surface area contributed by atoms with Crippen LogP contribution in [-0.4, -0.2) is 15.0 Å². The van der Waals surface area contributed by atoms with Gasteiger partial charge in [0.15, 0.2) is 0 Å². The molecule has 0 aromatic carbocycles. The predicted octanol–water partition coefficient (Wildman–Crippen LogP) is 2.37. The predicted molar refractivity (Wildman–Crippen MR) is 80.4 cm³/mol. The van der Waals surface area contributed by atoms with E-state index in [-0.39, 0.29) is 6.04 Å². The van der Waals surface area contributed by atoms with Crippen LogP contribution >= 0.6 is 11.3 Å². The first kappa shape index (κ1) is 13.7. The van der Waals surface area contributed by atoms with Crippen molar-refractivity contribution in [3.63, 3.8) is 0 Å². The summed E-state index contributed by atoms with van der Waals surface area (Å²) >= 11 is 1.86. The van der Waals surface area contributed by atoms with E-state index < -0.39 is 0 Å². The molecule has 108 valence electrons. The van der Waals surface area contributed by atoms with Crippen molar-refractivity contribution in [3.05, 3.63) is 33.8 Å². The van der Waals surface area contributed by atoms with Crippen molar-refractivity contribution >= 4 is 11.3 Å². The van der Waals surface area contributed by atoms with Gasteiger partial charge in [-0.05, 0) is 42.7 Å². The maximum absolute atomic E-state index is 5.87. The Hall–Kier alpha value is -1.24. The highest BCUT2D eigenvalue weighted by molar-refractivity contribution is 7.10. The summed E-state index contributed by atoms with van der Waals surface area (Å²) in [7, 11) is 0. The number of hydrogen-bond donors (Lipinski definition) is 2. The van der Waals surface area contributed by atoms with Crippen molar-refractivity contribution in [2.75, 3.05) is 0 Å². The fraction of sp³-hybridized carbons (Fsp3) is 0.571. The molecule has 0 saturated heterocycles. The molecular formula is C14H21N5S. The van der Waals surface area contributed by atoms with Gasteiger partial charge in [0.1, 0.15) is 0 Å². The molecule has 2 aromatic heterocycles. The summed E-state index contributed by atoms with van der Waals surface area (Å²) in [6.07, 6.45) is 6.48. The van der Waals surface area contributed by atoms with Gasteiger partial charge >= 0.3 is 0 Å². The summed E-state index contributed by atoms with van der Waals surface area (Å²) in [4.78, 5) is 1.51. The summed E-state index contributed by atoms with van der Waals surface area (Å²) in [5.41, 5.74) is 5.56. The van der Waals surface area contributed by atoms with E-state index in [1.54, 1.807) is 0 Å². The number of thiophene rings is 1. The van der Waals surface area contributed by atoms with Crippen LogP contribution in [0.1, 0.15) is 54.3 Å². The Morgan fingerprint density at radius 1 is 1.60 bits per heavy atom. The zero-order valence-corrected chi connectivity index (χ0v) is 12.6. The second-order valence-electron chi connectivity index (χ2n) is 5.32. The zero-order chi connectivity index (χ0) is 13.9. The standard InChI is InChI=1S/C14H21N5S/c1-2-7-19-12(9-16-18-19)14(17-15)11-4-3-5-13-10(11)6-8-20-13/h6,8-9,11,14,17H,2-5,7,15H2,1H3. The second-order valence-corrected chi connectivity index (χ2v) is 6.32. The van der Waals surface area contributed by atoms with E-state index in [0.29, 0.717) is 5.92 Å². The Labute approximate surface area is 123 Å². The molecule has 0 aliphatic heterocycles. The van der Waals surface area contributed by atoms with Crippen molar-refractivity contribution in [2.45, 2.75) is 51.1 Å². The van der Waals surface area contributed by atoms with Gasteiger partial charge in [-0.3, -0.25) is 11.3 Å². The molecule has 0 radical (unpaired) electrons. The van der Waals surface area contributed by atoms with Gasteiger partial charge in [0.05, 0.1) is 17.9 Å². The lowest BCUT2D eigenvalue weighted by atomic mass is 9.81. The third kappa shape index (κ3) is 2.39. The molecular weight excluding hydrogens is 270 g/mol. The average Bonchev–Trinajstić information content (AvgIpc) is 3.10. The molecule has 6 heteroatoms. The van der Waals surface area contributed by atoms with E-state index in [4.69, 9.17) is 5.84 Å². The van der Waals surface area contributed by atoms with Gasteiger partial charge in [0.25, 0.3) is 0 Å². The number of nitrogens with one attached hydrogen (secondary N) is 1. The van der Waals surface area contributed by atoms with E-state index in [9.17, 15) is 0 Å². The number of fused-ring (bicyclic) bond motifs is 1. The number of aryl methyl sites for hydroxylation is 2. The van der Waals surface area contributed by atoms with Crippen molar-refractivity contribution in [1.29, 1.82) is 0 Å². The highest BCUT2D eigenvalue weighted by atomic mass is 32.1. The van der Waals surface area contributed by atoms with Crippen molar-refractivity contribution in [1.82, 2.24) is 20.4 Å². The van der Waals surface area contributed by atoms with Gasteiger partial charge in [-0.25, -0.2) is 4.68 Å². The lowest BCUT2D eigenvalue weighted by Gasteiger charge is -2.30. The van der Waals surface area contributed by atoms with Gasteiger partial charge in [-0.15, -0.1) is 16.4 Å². The molecule has 2 atom stereocenters. The van der Waals surface area contributed by atoms with Crippen LogP contribution in [0.4, 0.5) is 0 Å². The van der Waals surface area contributed by atoms with Gasteiger partial charge in [-0.1, -0.05) is 12.1 Å². The fourth-order valence-electron chi connectivity index (χ4n) is 3.17.